The average molecular weight is 327 g/mol. The molecule has 0 unspecified atom stereocenters. The SMILES string of the molecule is CC(C)(C)c1ccc2c3c(nccc13)-c1cc3cccnc3nc1O2. The molecule has 25 heavy (non-hydrogen) atoms. The van der Waals surface area contributed by atoms with E-state index in [-0.39, 0.29) is 5.41 Å². The van der Waals surface area contributed by atoms with Gasteiger partial charge in [-0.1, -0.05) is 26.8 Å². The second-order valence-corrected chi connectivity index (χ2v) is 7.44. The van der Waals surface area contributed by atoms with E-state index < -0.39 is 0 Å². The smallest absolute Gasteiger partial charge is 0.230 e. The van der Waals surface area contributed by atoms with Crippen molar-refractivity contribution in [1.29, 1.82) is 0 Å². The van der Waals surface area contributed by atoms with E-state index in [1.54, 1.807) is 6.20 Å². The molecule has 0 N–H and O–H groups in total. The topological polar surface area (TPSA) is 47.9 Å². The highest BCUT2D eigenvalue weighted by Crippen LogP contribution is 2.47. The van der Waals surface area contributed by atoms with Crippen LogP contribution in [0.25, 0.3) is 33.1 Å². The molecule has 122 valence electrons. The molecule has 4 nitrogen and oxygen atoms in total. The van der Waals surface area contributed by atoms with E-state index in [1.807, 2.05) is 24.4 Å². The van der Waals surface area contributed by atoms with E-state index in [1.165, 1.54) is 10.9 Å². The minimum atomic E-state index is 0.0446. The first kappa shape index (κ1) is 14.3. The number of hydrogen-bond acceptors (Lipinski definition) is 4. The Labute approximate surface area is 145 Å². The molecular weight excluding hydrogens is 310 g/mol. The van der Waals surface area contributed by atoms with Gasteiger partial charge in [-0.2, -0.15) is 4.98 Å². The Morgan fingerprint density at radius 1 is 0.960 bits per heavy atom. The van der Waals surface area contributed by atoms with Crippen LogP contribution in [0.1, 0.15) is 26.3 Å². The van der Waals surface area contributed by atoms with E-state index in [2.05, 4.69) is 53.9 Å². The van der Waals surface area contributed by atoms with Gasteiger partial charge in [0.05, 0.1) is 16.6 Å². The molecule has 0 atom stereocenters. The third kappa shape index (κ3) is 2.03. The number of aromatic nitrogens is 3. The lowest BCUT2D eigenvalue weighted by atomic mass is 9.83. The zero-order chi connectivity index (χ0) is 17.2. The van der Waals surface area contributed by atoms with Crippen molar-refractivity contribution < 1.29 is 4.74 Å². The molecule has 0 bridgehead atoms. The summed E-state index contributed by atoms with van der Waals surface area (Å²) in [5, 5.41) is 3.23. The van der Waals surface area contributed by atoms with Gasteiger partial charge in [0.2, 0.25) is 5.88 Å². The zero-order valence-corrected chi connectivity index (χ0v) is 14.4. The van der Waals surface area contributed by atoms with E-state index in [0.29, 0.717) is 11.5 Å². The summed E-state index contributed by atoms with van der Waals surface area (Å²) in [7, 11) is 0. The zero-order valence-electron chi connectivity index (χ0n) is 14.4. The summed E-state index contributed by atoms with van der Waals surface area (Å²) in [5.41, 5.74) is 3.87. The summed E-state index contributed by atoms with van der Waals surface area (Å²) < 4.78 is 6.13. The fourth-order valence-electron chi connectivity index (χ4n) is 3.55. The van der Waals surface area contributed by atoms with E-state index >= 15 is 0 Å². The maximum Gasteiger partial charge on any atom is 0.230 e. The minimum Gasteiger partial charge on any atom is -0.437 e. The fraction of sp³-hybridized carbons (Fsp3) is 0.190. The highest BCUT2D eigenvalue weighted by atomic mass is 16.5. The van der Waals surface area contributed by atoms with Gasteiger partial charge in [0.25, 0.3) is 0 Å². The number of hydrogen-bond donors (Lipinski definition) is 0. The Balaban J connectivity index is 1.89. The minimum absolute atomic E-state index is 0.0446. The summed E-state index contributed by atoms with van der Waals surface area (Å²) in [6, 6.07) is 12.2. The van der Waals surface area contributed by atoms with Gasteiger partial charge in [-0.3, -0.25) is 4.98 Å². The summed E-state index contributed by atoms with van der Waals surface area (Å²) in [4.78, 5) is 13.6. The van der Waals surface area contributed by atoms with Crippen molar-refractivity contribution in [3.8, 4) is 22.9 Å². The maximum absolute atomic E-state index is 6.13. The molecule has 0 amide bonds. The number of rotatable bonds is 0. The van der Waals surface area contributed by atoms with Crippen molar-refractivity contribution in [3.63, 3.8) is 0 Å². The molecule has 1 aliphatic rings. The Morgan fingerprint density at radius 3 is 2.68 bits per heavy atom. The summed E-state index contributed by atoms with van der Waals surface area (Å²) in [5.74, 6) is 1.38. The molecule has 1 aromatic carbocycles. The molecule has 0 saturated heterocycles. The Morgan fingerprint density at radius 2 is 1.84 bits per heavy atom. The molecule has 4 aromatic rings. The largest absolute Gasteiger partial charge is 0.437 e. The first-order valence-electron chi connectivity index (χ1n) is 8.38. The molecule has 3 aromatic heterocycles. The fourth-order valence-corrected chi connectivity index (χ4v) is 3.55. The van der Waals surface area contributed by atoms with Crippen LogP contribution in [0, 0.1) is 0 Å². The van der Waals surface area contributed by atoms with Crippen molar-refractivity contribution in [2.45, 2.75) is 26.2 Å². The highest BCUT2D eigenvalue weighted by Gasteiger charge is 2.26. The number of benzene rings is 1. The monoisotopic (exact) mass is 327 g/mol. The van der Waals surface area contributed by atoms with Crippen molar-refractivity contribution in [1.82, 2.24) is 15.0 Å². The highest BCUT2D eigenvalue weighted by molar-refractivity contribution is 6.04. The molecule has 0 aliphatic carbocycles. The van der Waals surface area contributed by atoms with Gasteiger partial charge in [-0.25, -0.2) is 4.98 Å². The van der Waals surface area contributed by atoms with Gasteiger partial charge < -0.3 is 4.74 Å². The lowest BCUT2D eigenvalue weighted by Crippen LogP contribution is -2.13. The third-order valence-electron chi connectivity index (χ3n) is 4.71. The predicted octanol–water partition coefficient (Wildman–Crippen LogP) is 5.25. The standard InChI is InChI=1S/C21H17N3O/c1-21(2,3)15-6-7-16-17-13(15)8-10-22-18(17)14-11-12-5-4-9-23-19(12)24-20(14)25-16/h4-11H,1-3H3. The van der Waals surface area contributed by atoms with Gasteiger partial charge in [0.1, 0.15) is 5.75 Å². The van der Waals surface area contributed by atoms with Crippen molar-refractivity contribution in [3.05, 3.63) is 54.4 Å². The lowest BCUT2D eigenvalue weighted by Gasteiger charge is -2.25. The summed E-state index contributed by atoms with van der Waals surface area (Å²) in [6.45, 7) is 6.68. The van der Waals surface area contributed by atoms with Gasteiger partial charge in [-0.05, 0) is 46.7 Å². The lowest BCUT2D eigenvalue weighted by molar-refractivity contribution is 0.467. The summed E-state index contributed by atoms with van der Waals surface area (Å²) in [6.07, 6.45) is 3.62. The Bertz CT molecular complexity index is 1160. The van der Waals surface area contributed by atoms with Crippen LogP contribution in [0.3, 0.4) is 0 Å². The quantitative estimate of drug-likeness (QED) is 0.390. The van der Waals surface area contributed by atoms with Crippen LogP contribution in [0.2, 0.25) is 0 Å². The predicted molar refractivity (Wildman–Crippen MR) is 99.0 cm³/mol. The first-order valence-corrected chi connectivity index (χ1v) is 8.38. The van der Waals surface area contributed by atoms with Gasteiger partial charge in [-0.15, -0.1) is 0 Å². The van der Waals surface area contributed by atoms with Crippen molar-refractivity contribution in [2.24, 2.45) is 0 Å². The van der Waals surface area contributed by atoms with Gasteiger partial charge in [0, 0.05) is 17.8 Å². The Hall–Kier alpha value is -3.01. The van der Waals surface area contributed by atoms with Crippen LogP contribution < -0.4 is 4.74 Å². The molecule has 1 aliphatic heterocycles. The molecule has 0 spiro atoms. The normalized spacial score (nSPS) is 12.9. The van der Waals surface area contributed by atoms with Gasteiger partial charge >= 0.3 is 0 Å². The third-order valence-corrected chi connectivity index (χ3v) is 4.71. The van der Waals surface area contributed by atoms with Crippen LogP contribution in [0.4, 0.5) is 0 Å². The van der Waals surface area contributed by atoms with E-state index in [9.17, 15) is 0 Å². The molecule has 4 heteroatoms. The molecule has 5 rings (SSSR count). The van der Waals surface area contributed by atoms with Crippen LogP contribution >= 0.6 is 0 Å². The maximum atomic E-state index is 6.13. The van der Waals surface area contributed by atoms with Crippen LogP contribution in [-0.2, 0) is 5.41 Å². The van der Waals surface area contributed by atoms with Crippen LogP contribution in [0.5, 0.6) is 11.6 Å². The van der Waals surface area contributed by atoms with Crippen molar-refractivity contribution >= 4 is 21.8 Å². The molecule has 0 saturated carbocycles. The number of pyridine rings is 3. The second-order valence-electron chi connectivity index (χ2n) is 7.44. The average Bonchev–Trinajstić information content (AvgIpc) is 2.59. The Kier molecular flexibility index (Phi) is 2.73. The van der Waals surface area contributed by atoms with E-state index in [0.717, 1.165) is 27.8 Å². The van der Waals surface area contributed by atoms with Crippen LogP contribution in [0.15, 0.2) is 48.8 Å². The molecule has 0 fully saturated rings. The molecular formula is C21H17N3O. The number of ether oxygens (including phenoxy) is 1. The number of nitrogens with zero attached hydrogens (tertiary/aromatic N) is 3. The van der Waals surface area contributed by atoms with Crippen molar-refractivity contribution in [2.75, 3.05) is 0 Å². The van der Waals surface area contributed by atoms with E-state index in [4.69, 9.17) is 4.74 Å². The second kappa shape index (κ2) is 4.76. The van der Waals surface area contributed by atoms with Crippen LogP contribution in [-0.4, -0.2) is 15.0 Å². The molecule has 0 radical (unpaired) electrons. The first-order chi connectivity index (χ1) is 12.0. The summed E-state index contributed by atoms with van der Waals surface area (Å²) >= 11 is 0. The molecule has 4 heterocycles. The van der Waals surface area contributed by atoms with Gasteiger partial charge in [0.15, 0.2) is 5.65 Å². The number of fused-ring (bicyclic) bond motifs is 3.